The number of nitrogens with one attached hydrogen (secondary N) is 2. The molecule has 1 unspecified atom stereocenters. The van der Waals surface area contributed by atoms with Crippen LogP contribution in [0.15, 0.2) is 0 Å². The fourth-order valence-corrected chi connectivity index (χ4v) is 1.73. The Labute approximate surface area is 90.7 Å². The molecule has 1 aliphatic heterocycles. The molecular formula is C11H18N4. The van der Waals surface area contributed by atoms with E-state index in [1.165, 1.54) is 12.8 Å². The van der Waals surface area contributed by atoms with E-state index in [0.29, 0.717) is 5.92 Å². The van der Waals surface area contributed by atoms with E-state index < -0.39 is 0 Å². The Kier molecular flexibility index (Phi) is 3.24. The molecule has 2 fully saturated rings. The maximum absolute atomic E-state index is 7.57. The summed E-state index contributed by atoms with van der Waals surface area (Å²) < 4.78 is 0. The van der Waals surface area contributed by atoms with Gasteiger partial charge in [0, 0.05) is 32.1 Å². The van der Waals surface area contributed by atoms with Crippen molar-refractivity contribution in [2.45, 2.75) is 18.9 Å². The second-order valence-corrected chi connectivity index (χ2v) is 4.21. The van der Waals surface area contributed by atoms with Gasteiger partial charge < -0.3 is 11.1 Å². The van der Waals surface area contributed by atoms with E-state index in [-0.39, 0.29) is 11.9 Å². The molecule has 82 valence electrons. The van der Waals surface area contributed by atoms with Crippen LogP contribution in [0.1, 0.15) is 12.8 Å². The molecule has 1 atom stereocenters. The zero-order valence-electron chi connectivity index (χ0n) is 8.92. The summed E-state index contributed by atoms with van der Waals surface area (Å²) in [4.78, 5) is 2.19. The van der Waals surface area contributed by atoms with Gasteiger partial charge in [-0.05, 0) is 12.8 Å². The van der Waals surface area contributed by atoms with Gasteiger partial charge in [-0.25, -0.2) is 0 Å². The molecule has 0 aromatic heterocycles. The molecule has 0 amide bonds. The molecule has 2 rings (SSSR count). The van der Waals surface area contributed by atoms with Crippen molar-refractivity contribution < 1.29 is 0 Å². The molecule has 4 nitrogen and oxygen atoms in total. The molecule has 2 aliphatic rings. The van der Waals surface area contributed by atoms with Gasteiger partial charge in [0.1, 0.15) is 11.9 Å². The van der Waals surface area contributed by atoms with Crippen LogP contribution in [0.25, 0.3) is 0 Å². The number of rotatable bonds is 2. The molecule has 0 spiro atoms. The Morgan fingerprint density at radius 3 is 2.60 bits per heavy atom. The van der Waals surface area contributed by atoms with E-state index in [0.717, 1.165) is 26.2 Å². The van der Waals surface area contributed by atoms with Crippen LogP contribution in [0.3, 0.4) is 0 Å². The van der Waals surface area contributed by atoms with Crippen molar-refractivity contribution >= 4 is 5.84 Å². The van der Waals surface area contributed by atoms with Gasteiger partial charge in [-0.2, -0.15) is 0 Å². The SMILES string of the molecule is N=C(N)C(C#CC1CC1)N1CCNCC1. The van der Waals surface area contributed by atoms with E-state index in [1.54, 1.807) is 0 Å². The fourth-order valence-electron chi connectivity index (χ4n) is 1.73. The van der Waals surface area contributed by atoms with Gasteiger partial charge >= 0.3 is 0 Å². The molecule has 1 saturated carbocycles. The highest BCUT2D eigenvalue weighted by Gasteiger charge is 2.23. The number of hydrogen-bond donors (Lipinski definition) is 3. The lowest BCUT2D eigenvalue weighted by molar-refractivity contribution is 0.240. The van der Waals surface area contributed by atoms with Gasteiger partial charge in [0.05, 0.1) is 0 Å². The summed E-state index contributed by atoms with van der Waals surface area (Å²) >= 11 is 0. The lowest BCUT2D eigenvalue weighted by Crippen LogP contribution is -2.52. The standard InChI is InChI=1S/C11H18N4/c12-11(13)10(4-3-9-1-2-9)15-7-5-14-6-8-15/h9-10,14H,1-2,5-8H2,(H3,12,13). The third-order valence-corrected chi connectivity index (χ3v) is 2.81. The Balaban J connectivity index is 1.98. The lowest BCUT2D eigenvalue weighted by atomic mass is 10.2. The first kappa shape index (κ1) is 10.5. The summed E-state index contributed by atoms with van der Waals surface area (Å²) in [5.41, 5.74) is 5.59. The number of piperazine rings is 1. The largest absolute Gasteiger partial charge is 0.385 e. The van der Waals surface area contributed by atoms with Crippen molar-refractivity contribution in [3.63, 3.8) is 0 Å². The number of amidine groups is 1. The average Bonchev–Trinajstić information content (AvgIpc) is 3.03. The zero-order valence-corrected chi connectivity index (χ0v) is 8.92. The summed E-state index contributed by atoms with van der Waals surface area (Å²) in [6.07, 6.45) is 2.44. The van der Waals surface area contributed by atoms with Crippen LogP contribution < -0.4 is 11.1 Å². The van der Waals surface area contributed by atoms with Gasteiger partial charge in [-0.3, -0.25) is 10.3 Å². The summed E-state index contributed by atoms with van der Waals surface area (Å²) in [7, 11) is 0. The van der Waals surface area contributed by atoms with Crippen LogP contribution in [-0.2, 0) is 0 Å². The van der Waals surface area contributed by atoms with Gasteiger partial charge in [0.25, 0.3) is 0 Å². The van der Waals surface area contributed by atoms with Crippen LogP contribution in [0.5, 0.6) is 0 Å². The molecule has 1 saturated heterocycles. The molecular weight excluding hydrogens is 188 g/mol. The van der Waals surface area contributed by atoms with Crippen LogP contribution in [0, 0.1) is 23.2 Å². The molecule has 1 heterocycles. The lowest BCUT2D eigenvalue weighted by Gasteiger charge is -2.31. The Morgan fingerprint density at radius 2 is 2.07 bits per heavy atom. The van der Waals surface area contributed by atoms with E-state index >= 15 is 0 Å². The van der Waals surface area contributed by atoms with Gasteiger partial charge in [0.15, 0.2) is 0 Å². The fraction of sp³-hybridized carbons (Fsp3) is 0.727. The first-order chi connectivity index (χ1) is 7.27. The normalized spacial score (nSPS) is 24.0. The van der Waals surface area contributed by atoms with Crippen LogP contribution >= 0.6 is 0 Å². The summed E-state index contributed by atoms with van der Waals surface area (Å²) in [6.45, 7) is 3.80. The Hall–Kier alpha value is -1.05. The van der Waals surface area contributed by atoms with Gasteiger partial charge in [-0.1, -0.05) is 11.8 Å². The second kappa shape index (κ2) is 4.65. The number of nitrogens with zero attached hydrogens (tertiary/aromatic N) is 1. The highest BCUT2D eigenvalue weighted by molar-refractivity contribution is 5.86. The van der Waals surface area contributed by atoms with Crippen molar-refractivity contribution in [3.05, 3.63) is 0 Å². The van der Waals surface area contributed by atoms with Gasteiger partial charge in [0.2, 0.25) is 0 Å². The van der Waals surface area contributed by atoms with Crippen LogP contribution in [0.4, 0.5) is 0 Å². The van der Waals surface area contributed by atoms with E-state index in [4.69, 9.17) is 11.1 Å². The highest BCUT2D eigenvalue weighted by atomic mass is 15.2. The molecule has 4 N–H and O–H groups in total. The predicted octanol–water partition coefficient (Wildman–Crippen LogP) is -0.390. The molecule has 0 aromatic rings. The van der Waals surface area contributed by atoms with Crippen molar-refractivity contribution in [3.8, 4) is 11.8 Å². The van der Waals surface area contributed by atoms with E-state index in [2.05, 4.69) is 22.1 Å². The summed E-state index contributed by atoms with van der Waals surface area (Å²) in [5, 5.41) is 10.9. The first-order valence-electron chi connectivity index (χ1n) is 5.57. The molecule has 0 radical (unpaired) electrons. The molecule has 4 heteroatoms. The number of hydrogen-bond acceptors (Lipinski definition) is 3. The quantitative estimate of drug-likeness (QED) is 0.327. The second-order valence-electron chi connectivity index (χ2n) is 4.21. The minimum atomic E-state index is -0.160. The van der Waals surface area contributed by atoms with E-state index in [1.807, 2.05) is 0 Å². The Bertz CT molecular complexity index is 291. The minimum absolute atomic E-state index is 0.160. The first-order valence-corrected chi connectivity index (χ1v) is 5.57. The van der Waals surface area contributed by atoms with Crippen LogP contribution in [0.2, 0.25) is 0 Å². The minimum Gasteiger partial charge on any atom is -0.385 e. The predicted molar refractivity (Wildman–Crippen MR) is 60.6 cm³/mol. The van der Waals surface area contributed by atoms with Crippen molar-refractivity contribution in [2.75, 3.05) is 26.2 Å². The van der Waals surface area contributed by atoms with Crippen LogP contribution in [-0.4, -0.2) is 43.0 Å². The molecule has 0 bridgehead atoms. The third-order valence-electron chi connectivity index (χ3n) is 2.81. The Morgan fingerprint density at radius 1 is 1.40 bits per heavy atom. The zero-order chi connectivity index (χ0) is 10.7. The number of nitrogens with two attached hydrogens (primary N) is 1. The highest BCUT2D eigenvalue weighted by Crippen LogP contribution is 2.27. The molecule has 15 heavy (non-hydrogen) atoms. The smallest absolute Gasteiger partial charge is 0.129 e. The van der Waals surface area contributed by atoms with Gasteiger partial charge in [-0.15, -0.1) is 0 Å². The molecule has 1 aliphatic carbocycles. The maximum Gasteiger partial charge on any atom is 0.129 e. The van der Waals surface area contributed by atoms with Crippen molar-refractivity contribution in [1.29, 1.82) is 5.41 Å². The van der Waals surface area contributed by atoms with Crippen molar-refractivity contribution in [1.82, 2.24) is 10.2 Å². The molecule has 0 aromatic carbocycles. The van der Waals surface area contributed by atoms with E-state index in [9.17, 15) is 0 Å². The summed E-state index contributed by atoms with van der Waals surface area (Å²) in [6, 6.07) is -0.160. The summed E-state index contributed by atoms with van der Waals surface area (Å²) in [5.74, 6) is 7.12. The monoisotopic (exact) mass is 206 g/mol. The third kappa shape index (κ3) is 2.95. The topological polar surface area (TPSA) is 65.1 Å². The average molecular weight is 206 g/mol. The maximum atomic E-state index is 7.57. The van der Waals surface area contributed by atoms with Crippen molar-refractivity contribution in [2.24, 2.45) is 11.7 Å².